The monoisotopic (exact) mass is 306 g/mol. The first kappa shape index (κ1) is 14.1. The SMILES string of the molecule is CC(C)(C)n1cnc(C(=O)Nc2nc(CC3CC3)ns2)n1. The van der Waals surface area contributed by atoms with Crippen molar-refractivity contribution >= 4 is 22.6 Å². The van der Waals surface area contributed by atoms with Crippen molar-refractivity contribution in [3.05, 3.63) is 18.0 Å². The third-order valence-electron chi connectivity index (χ3n) is 3.24. The van der Waals surface area contributed by atoms with Crippen molar-refractivity contribution in [2.24, 2.45) is 5.92 Å². The summed E-state index contributed by atoms with van der Waals surface area (Å²) < 4.78 is 5.92. The number of aromatic nitrogens is 5. The molecule has 1 fully saturated rings. The van der Waals surface area contributed by atoms with Crippen molar-refractivity contribution in [3.8, 4) is 0 Å². The minimum absolute atomic E-state index is 0.142. The Morgan fingerprint density at radius 3 is 2.86 bits per heavy atom. The first-order valence-electron chi connectivity index (χ1n) is 6.98. The van der Waals surface area contributed by atoms with Crippen molar-refractivity contribution in [1.82, 2.24) is 24.1 Å². The van der Waals surface area contributed by atoms with E-state index < -0.39 is 0 Å². The number of hydrogen-bond donors (Lipinski definition) is 1. The number of hydrogen-bond acceptors (Lipinski definition) is 6. The molecule has 2 aromatic rings. The molecule has 0 spiro atoms. The summed E-state index contributed by atoms with van der Waals surface area (Å²) in [5, 5.41) is 7.40. The lowest BCUT2D eigenvalue weighted by molar-refractivity contribution is 0.101. The van der Waals surface area contributed by atoms with Crippen LogP contribution in [-0.2, 0) is 12.0 Å². The molecule has 1 N–H and O–H groups in total. The van der Waals surface area contributed by atoms with Crippen molar-refractivity contribution in [2.45, 2.75) is 45.6 Å². The molecule has 2 aromatic heterocycles. The van der Waals surface area contributed by atoms with Gasteiger partial charge in [0.2, 0.25) is 11.0 Å². The van der Waals surface area contributed by atoms with Crippen molar-refractivity contribution in [2.75, 3.05) is 5.32 Å². The molecule has 112 valence electrons. The summed E-state index contributed by atoms with van der Waals surface area (Å²) >= 11 is 1.20. The fourth-order valence-electron chi connectivity index (χ4n) is 1.81. The van der Waals surface area contributed by atoms with Gasteiger partial charge in [0.05, 0.1) is 5.54 Å². The van der Waals surface area contributed by atoms with E-state index in [0.717, 1.165) is 18.2 Å². The fraction of sp³-hybridized carbons (Fsp3) is 0.615. The highest BCUT2D eigenvalue weighted by Crippen LogP contribution is 2.32. The highest BCUT2D eigenvalue weighted by atomic mass is 32.1. The number of nitrogens with zero attached hydrogens (tertiary/aromatic N) is 5. The van der Waals surface area contributed by atoms with E-state index >= 15 is 0 Å². The Balaban J connectivity index is 1.65. The minimum Gasteiger partial charge on any atom is -0.294 e. The van der Waals surface area contributed by atoms with E-state index in [1.165, 1.54) is 24.4 Å². The largest absolute Gasteiger partial charge is 0.297 e. The first-order valence-corrected chi connectivity index (χ1v) is 7.75. The van der Waals surface area contributed by atoms with E-state index in [4.69, 9.17) is 0 Å². The van der Waals surface area contributed by atoms with Crippen LogP contribution in [0.15, 0.2) is 6.33 Å². The minimum atomic E-state index is -0.355. The Labute approximate surface area is 127 Å². The van der Waals surface area contributed by atoms with Crippen LogP contribution in [0.25, 0.3) is 0 Å². The molecule has 0 unspecified atom stereocenters. The summed E-state index contributed by atoms with van der Waals surface area (Å²) in [6, 6.07) is 0. The number of carbonyl (C=O) groups is 1. The van der Waals surface area contributed by atoms with E-state index in [1.807, 2.05) is 20.8 Å². The summed E-state index contributed by atoms with van der Waals surface area (Å²) in [6.07, 6.45) is 4.99. The van der Waals surface area contributed by atoms with Crippen LogP contribution in [0, 0.1) is 5.92 Å². The molecule has 1 aliphatic carbocycles. The maximum absolute atomic E-state index is 12.1. The Hall–Kier alpha value is -1.83. The normalized spacial score (nSPS) is 15.2. The molecule has 21 heavy (non-hydrogen) atoms. The van der Waals surface area contributed by atoms with E-state index in [-0.39, 0.29) is 17.3 Å². The average Bonchev–Trinajstić information content (AvgIpc) is 2.91. The number of amides is 1. The Kier molecular flexibility index (Phi) is 3.48. The molecule has 1 aliphatic rings. The molecular formula is C13H18N6OS. The number of carbonyl (C=O) groups excluding carboxylic acids is 1. The topological polar surface area (TPSA) is 85.6 Å². The summed E-state index contributed by atoms with van der Waals surface area (Å²) in [4.78, 5) is 20.5. The molecule has 2 heterocycles. The van der Waals surface area contributed by atoms with Gasteiger partial charge in [0.1, 0.15) is 12.2 Å². The van der Waals surface area contributed by atoms with Gasteiger partial charge in [0.15, 0.2) is 0 Å². The lowest BCUT2D eigenvalue weighted by Gasteiger charge is -2.17. The summed E-state index contributed by atoms with van der Waals surface area (Å²) in [7, 11) is 0. The zero-order valence-electron chi connectivity index (χ0n) is 12.3. The molecule has 8 heteroatoms. The number of anilines is 1. The van der Waals surface area contributed by atoms with Gasteiger partial charge in [0.25, 0.3) is 5.91 Å². The van der Waals surface area contributed by atoms with Gasteiger partial charge in [0, 0.05) is 18.0 Å². The quantitative estimate of drug-likeness (QED) is 0.934. The molecule has 3 rings (SSSR count). The van der Waals surface area contributed by atoms with Gasteiger partial charge < -0.3 is 0 Å². The van der Waals surface area contributed by atoms with Gasteiger partial charge in [-0.15, -0.1) is 5.10 Å². The van der Waals surface area contributed by atoms with Gasteiger partial charge in [-0.25, -0.2) is 14.6 Å². The maximum atomic E-state index is 12.1. The number of rotatable bonds is 4. The second-order valence-electron chi connectivity index (χ2n) is 6.30. The Morgan fingerprint density at radius 1 is 1.48 bits per heavy atom. The molecule has 1 amide bonds. The van der Waals surface area contributed by atoms with Crippen LogP contribution in [0.2, 0.25) is 0 Å². The summed E-state index contributed by atoms with van der Waals surface area (Å²) in [5.41, 5.74) is -0.203. The van der Waals surface area contributed by atoms with Gasteiger partial charge in [-0.2, -0.15) is 4.37 Å². The van der Waals surface area contributed by atoms with Crippen LogP contribution in [0.1, 0.15) is 50.1 Å². The smallest absolute Gasteiger partial charge is 0.294 e. The van der Waals surface area contributed by atoms with Crippen LogP contribution in [-0.4, -0.2) is 30.0 Å². The molecule has 7 nitrogen and oxygen atoms in total. The van der Waals surface area contributed by atoms with E-state index in [1.54, 1.807) is 11.0 Å². The maximum Gasteiger partial charge on any atom is 0.297 e. The Bertz CT molecular complexity index is 652. The van der Waals surface area contributed by atoms with Gasteiger partial charge in [-0.05, 0) is 39.5 Å². The highest BCUT2D eigenvalue weighted by Gasteiger charge is 2.24. The molecule has 1 saturated carbocycles. The van der Waals surface area contributed by atoms with E-state index in [9.17, 15) is 4.79 Å². The molecular weight excluding hydrogens is 288 g/mol. The number of nitrogens with one attached hydrogen (secondary N) is 1. The Morgan fingerprint density at radius 2 is 2.24 bits per heavy atom. The van der Waals surface area contributed by atoms with Crippen LogP contribution in [0.4, 0.5) is 5.13 Å². The first-order chi connectivity index (χ1) is 9.91. The second-order valence-corrected chi connectivity index (χ2v) is 7.05. The standard InChI is InChI=1S/C13H18N6OS/c1-13(2,3)19-7-14-10(17-19)11(20)16-12-15-9(18-21-12)6-8-4-5-8/h7-8H,4-6H2,1-3H3,(H,15,16,18,20). The highest BCUT2D eigenvalue weighted by molar-refractivity contribution is 7.09. The predicted molar refractivity (Wildman–Crippen MR) is 79.3 cm³/mol. The summed E-state index contributed by atoms with van der Waals surface area (Å²) in [5.74, 6) is 1.33. The molecule has 0 aliphatic heterocycles. The van der Waals surface area contributed by atoms with E-state index in [2.05, 4.69) is 24.8 Å². The zero-order chi connectivity index (χ0) is 15.0. The zero-order valence-corrected chi connectivity index (χ0v) is 13.1. The van der Waals surface area contributed by atoms with Crippen molar-refractivity contribution < 1.29 is 4.79 Å². The lowest BCUT2D eigenvalue weighted by Crippen LogP contribution is -2.23. The van der Waals surface area contributed by atoms with E-state index in [0.29, 0.717) is 5.13 Å². The lowest BCUT2D eigenvalue weighted by atomic mass is 10.1. The third-order valence-corrected chi connectivity index (χ3v) is 3.91. The van der Waals surface area contributed by atoms with Crippen LogP contribution < -0.4 is 5.32 Å². The molecule has 0 bridgehead atoms. The van der Waals surface area contributed by atoms with Crippen molar-refractivity contribution in [3.63, 3.8) is 0 Å². The average molecular weight is 306 g/mol. The molecule has 0 aromatic carbocycles. The van der Waals surface area contributed by atoms with Gasteiger partial charge >= 0.3 is 0 Å². The molecule has 0 atom stereocenters. The van der Waals surface area contributed by atoms with Gasteiger partial charge in [-0.1, -0.05) is 0 Å². The van der Waals surface area contributed by atoms with Gasteiger partial charge in [-0.3, -0.25) is 10.1 Å². The fourth-order valence-corrected chi connectivity index (χ4v) is 2.40. The van der Waals surface area contributed by atoms with Crippen LogP contribution in [0.3, 0.4) is 0 Å². The molecule has 0 radical (unpaired) electrons. The van der Waals surface area contributed by atoms with Crippen LogP contribution in [0.5, 0.6) is 0 Å². The molecule has 0 saturated heterocycles. The van der Waals surface area contributed by atoms with Crippen LogP contribution >= 0.6 is 11.5 Å². The second kappa shape index (κ2) is 5.18. The third kappa shape index (κ3) is 3.44. The van der Waals surface area contributed by atoms with Crippen molar-refractivity contribution in [1.29, 1.82) is 0 Å². The summed E-state index contributed by atoms with van der Waals surface area (Å²) in [6.45, 7) is 5.99. The predicted octanol–water partition coefficient (Wildman–Crippen LogP) is 2.09.